The largest absolute Gasteiger partial charge is 0.466 e. The normalized spacial score (nSPS) is 12.5. The number of esters is 2. The molecule has 0 bridgehead atoms. The molecule has 0 spiro atoms. The van der Waals surface area contributed by atoms with Crippen LogP contribution in [0.4, 0.5) is 10.1 Å². The first-order valence-electron chi connectivity index (χ1n) is 17.8. The van der Waals surface area contributed by atoms with Crippen molar-refractivity contribution in [3.05, 3.63) is 116 Å². The summed E-state index contributed by atoms with van der Waals surface area (Å²) >= 11 is 0. The third-order valence-electron chi connectivity index (χ3n) is 8.51. The Labute approximate surface area is 305 Å². The summed E-state index contributed by atoms with van der Waals surface area (Å²) in [4.78, 5) is 38.2. The number of anilines is 1. The van der Waals surface area contributed by atoms with E-state index in [0.29, 0.717) is 47.3 Å². The van der Waals surface area contributed by atoms with Crippen LogP contribution in [-0.2, 0) is 25.6 Å². The van der Waals surface area contributed by atoms with Crippen LogP contribution in [0.25, 0.3) is 22.4 Å². The van der Waals surface area contributed by atoms with Gasteiger partial charge >= 0.3 is 11.9 Å². The maximum absolute atomic E-state index is 14.2. The highest BCUT2D eigenvalue weighted by Gasteiger charge is 2.31. The lowest BCUT2D eigenvalue weighted by molar-refractivity contribution is -0.147. The van der Waals surface area contributed by atoms with Crippen molar-refractivity contribution in [2.24, 2.45) is 0 Å². The van der Waals surface area contributed by atoms with Crippen LogP contribution >= 0.6 is 0 Å². The smallest absolute Gasteiger partial charge is 0.308 e. The summed E-state index contributed by atoms with van der Waals surface area (Å²) in [6.45, 7) is 11.4. The SMILES string of the molecule is [CH2]C([CH2])OC(=O)CCCCCOC(=O)C[C@H](O)C[C@H](O)CCn1c(-c2ccc(F)cc2)c(-c2ccccc2)c(C(=O)Nc2ccccc2)c1C(C)C. The summed E-state index contributed by atoms with van der Waals surface area (Å²) in [6, 6.07) is 24.9. The maximum atomic E-state index is 14.2. The van der Waals surface area contributed by atoms with E-state index in [1.165, 1.54) is 12.1 Å². The zero-order valence-electron chi connectivity index (χ0n) is 29.9. The van der Waals surface area contributed by atoms with Crippen molar-refractivity contribution in [2.45, 2.75) is 89.6 Å². The summed E-state index contributed by atoms with van der Waals surface area (Å²) < 4.78 is 26.3. The molecule has 0 saturated heterocycles. The Hall–Kier alpha value is -4.80. The Morgan fingerprint density at radius 1 is 0.827 bits per heavy atom. The number of ether oxygens (including phenoxy) is 2. The number of hydrogen-bond acceptors (Lipinski definition) is 7. The van der Waals surface area contributed by atoms with Gasteiger partial charge in [-0.2, -0.15) is 0 Å². The van der Waals surface area contributed by atoms with Crippen LogP contribution in [-0.4, -0.2) is 57.5 Å². The van der Waals surface area contributed by atoms with Gasteiger partial charge in [-0.05, 0) is 99.4 Å². The number of carbonyl (C=O) groups is 3. The maximum Gasteiger partial charge on any atom is 0.308 e. The molecular weight excluding hydrogens is 663 g/mol. The second-order valence-electron chi connectivity index (χ2n) is 13.2. The van der Waals surface area contributed by atoms with Crippen LogP contribution < -0.4 is 5.32 Å². The lowest BCUT2D eigenvalue weighted by Gasteiger charge is -2.20. The zero-order valence-corrected chi connectivity index (χ0v) is 29.9. The van der Waals surface area contributed by atoms with Gasteiger partial charge in [0.25, 0.3) is 5.91 Å². The number of rotatable bonds is 19. The van der Waals surface area contributed by atoms with Crippen molar-refractivity contribution in [1.29, 1.82) is 0 Å². The molecule has 1 aromatic heterocycles. The van der Waals surface area contributed by atoms with Gasteiger partial charge in [0.15, 0.2) is 0 Å². The monoisotopic (exact) mass is 712 g/mol. The standard InChI is InChI=1S/C42H49FN2O7/c1-28(2)40-39(42(50)44-33-16-10-6-11-17-33)38(30-14-8-5-9-15-30)41(31-19-21-32(43)22-20-31)45(40)24-23-34(46)26-35(47)27-37(49)51-25-13-7-12-18-36(48)52-29(3)4/h5-6,8-11,14-17,19-22,28-29,34-35,46-47H,3-4,7,12-13,18,23-27H2,1-2H3,(H,44,50)/t34-,35-/m1/s1. The number of carbonyl (C=O) groups excluding carboxylic acids is 3. The third kappa shape index (κ3) is 11.6. The van der Waals surface area contributed by atoms with Crippen LogP contribution in [0, 0.1) is 19.7 Å². The van der Waals surface area contributed by atoms with Crippen LogP contribution in [0.2, 0.25) is 0 Å². The third-order valence-corrected chi connectivity index (χ3v) is 8.51. The molecule has 3 aromatic carbocycles. The number of unbranched alkanes of at least 4 members (excludes halogenated alkanes) is 2. The van der Waals surface area contributed by atoms with E-state index >= 15 is 0 Å². The van der Waals surface area contributed by atoms with Crippen LogP contribution in [0.15, 0.2) is 84.9 Å². The Balaban J connectivity index is 1.51. The number of nitrogens with zero attached hydrogens (tertiary/aromatic N) is 1. The fraction of sp³-hybridized carbons (Fsp3) is 0.357. The van der Waals surface area contributed by atoms with Crippen LogP contribution in [0.3, 0.4) is 0 Å². The van der Waals surface area contributed by atoms with E-state index in [2.05, 4.69) is 19.2 Å². The summed E-state index contributed by atoms with van der Waals surface area (Å²) in [6.07, 6.45) is -0.885. The van der Waals surface area contributed by atoms with Crippen molar-refractivity contribution in [3.8, 4) is 22.4 Å². The molecule has 276 valence electrons. The minimum atomic E-state index is -1.13. The van der Waals surface area contributed by atoms with Gasteiger partial charge in [0.2, 0.25) is 0 Å². The molecule has 0 fully saturated rings. The highest BCUT2D eigenvalue weighted by atomic mass is 19.1. The predicted molar refractivity (Wildman–Crippen MR) is 200 cm³/mol. The van der Waals surface area contributed by atoms with Crippen molar-refractivity contribution in [3.63, 3.8) is 0 Å². The number of aromatic nitrogens is 1. The zero-order chi connectivity index (χ0) is 37.6. The lowest BCUT2D eigenvalue weighted by atomic mass is 9.94. The van der Waals surface area contributed by atoms with E-state index in [4.69, 9.17) is 9.47 Å². The minimum absolute atomic E-state index is 0.0617. The van der Waals surface area contributed by atoms with E-state index in [-0.39, 0.29) is 56.6 Å². The summed E-state index contributed by atoms with van der Waals surface area (Å²) in [7, 11) is 0. The average molecular weight is 713 g/mol. The van der Waals surface area contributed by atoms with Gasteiger partial charge in [-0.1, -0.05) is 62.4 Å². The topological polar surface area (TPSA) is 127 Å². The Morgan fingerprint density at radius 2 is 1.48 bits per heavy atom. The number of halogens is 1. The molecule has 52 heavy (non-hydrogen) atoms. The number of para-hydroxylation sites is 1. The quantitative estimate of drug-likeness (QED) is 0.0666. The highest BCUT2D eigenvalue weighted by Crippen LogP contribution is 2.42. The molecule has 4 rings (SSSR count). The fourth-order valence-corrected chi connectivity index (χ4v) is 6.23. The van der Waals surface area contributed by atoms with Gasteiger partial charge in [0.05, 0.1) is 36.5 Å². The number of nitrogens with one attached hydrogen (secondary N) is 1. The number of aliphatic hydroxyl groups is 2. The highest BCUT2D eigenvalue weighted by molar-refractivity contribution is 6.12. The van der Waals surface area contributed by atoms with E-state index in [1.54, 1.807) is 12.1 Å². The first-order chi connectivity index (χ1) is 24.9. The van der Waals surface area contributed by atoms with Gasteiger partial charge in [0, 0.05) is 29.9 Å². The average Bonchev–Trinajstić information content (AvgIpc) is 3.45. The minimum Gasteiger partial charge on any atom is -0.466 e. The molecule has 2 atom stereocenters. The van der Waals surface area contributed by atoms with Gasteiger partial charge in [-0.15, -0.1) is 0 Å². The van der Waals surface area contributed by atoms with Gasteiger partial charge in [0.1, 0.15) is 11.9 Å². The summed E-state index contributed by atoms with van der Waals surface area (Å²) in [5.41, 5.74) is 4.75. The Kier molecular flexibility index (Phi) is 15.2. The van der Waals surface area contributed by atoms with E-state index < -0.39 is 30.1 Å². The second-order valence-corrected chi connectivity index (χ2v) is 13.2. The predicted octanol–water partition coefficient (Wildman–Crippen LogP) is 7.91. The molecule has 9 nitrogen and oxygen atoms in total. The molecular formula is C42H49FN2O7. The number of benzene rings is 3. The number of aliphatic hydroxyl groups excluding tert-OH is 2. The molecule has 0 aliphatic heterocycles. The second kappa shape index (κ2) is 19.7. The molecule has 4 aromatic rings. The van der Waals surface area contributed by atoms with E-state index in [0.717, 1.165) is 11.3 Å². The lowest BCUT2D eigenvalue weighted by Crippen LogP contribution is -2.23. The molecule has 10 heteroatoms. The van der Waals surface area contributed by atoms with E-state index in [9.17, 15) is 29.0 Å². The first kappa shape index (κ1) is 40.0. The molecule has 0 aliphatic carbocycles. The van der Waals surface area contributed by atoms with Crippen LogP contribution in [0.5, 0.6) is 0 Å². The fourth-order valence-electron chi connectivity index (χ4n) is 6.23. The number of amides is 1. The molecule has 2 radical (unpaired) electrons. The molecule has 0 unspecified atom stereocenters. The molecule has 3 N–H and O–H groups in total. The van der Waals surface area contributed by atoms with Gasteiger partial charge in [-0.25, -0.2) is 4.39 Å². The summed E-state index contributed by atoms with van der Waals surface area (Å²) in [5.74, 6) is -1.77. The van der Waals surface area contributed by atoms with Crippen molar-refractivity contribution >= 4 is 23.5 Å². The van der Waals surface area contributed by atoms with Gasteiger partial charge < -0.3 is 29.6 Å². The number of hydrogen-bond donors (Lipinski definition) is 3. The molecule has 1 amide bonds. The van der Waals surface area contributed by atoms with Crippen LogP contribution in [0.1, 0.15) is 80.8 Å². The van der Waals surface area contributed by atoms with Crippen molar-refractivity contribution < 1.29 is 38.5 Å². The van der Waals surface area contributed by atoms with Crippen molar-refractivity contribution in [1.82, 2.24) is 4.57 Å². The molecule has 0 saturated carbocycles. The first-order valence-corrected chi connectivity index (χ1v) is 17.8. The van der Waals surface area contributed by atoms with Crippen molar-refractivity contribution in [2.75, 3.05) is 11.9 Å². The molecule has 1 heterocycles. The Bertz CT molecular complexity index is 1740. The molecule has 0 aliphatic rings. The van der Waals surface area contributed by atoms with Gasteiger partial charge in [-0.3, -0.25) is 14.4 Å². The van der Waals surface area contributed by atoms with E-state index in [1.807, 2.05) is 79.1 Å². The summed E-state index contributed by atoms with van der Waals surface area (Å²) in [5, 5.41) is 24.8. The Morgan fingerprint density at radius 3 is 2.12 bits per heavy atom.